The van der Waals surface area contributed by atoms with Gasteiger partial charge in [-0.25, -0.2) is 0 Å². The van der Waals surface area contributed by atoms with E-state index in [4.69, 9.17) is 10.5 Å². The molecule has 1 unspecified atom stereocenters. The number of rotatable bonds is 6. The van der Waals surface area contributed by atoms with Gasteiger partial charge in [0, 0.05) is 36.6 Å². The second kappa shape index (κ2) is 6.64. The zero-order valence-corrected chi connectivity index (χ0v) is 11.9. The summed E-state index contributed by atoms with van der Waals surface area (Å²) in [5, 5.41) is 0. The monoisotopic (exact) mass is 254 g/mol. The zero-order valence-electron chi connectivity index (χ0n) is 11.1. The number of nitrogens with zero attached hydrogens (tertiary/aromatic N) is 1. The van der Waals surface area contributed by atoms with Crippen LogP contribution in [0, 0.1) is 0 Å². The number of thioether (sulfide) groups is 1. The first-order chi connectivity index (χ1) is 8.08. The third kappa shape index (κ3) is 4.04. The van der Waals surface area contributed by atoms with Gasteiger partial charge in [0.15, 0.2) is 0 Å². The van der Waals surface area contributed by atoms with Crippen molar-refractivity contribution in [1.29, 1.82) is 0 Å². The van der Waals surface area contributed by atoms with Crippen LogP contribution in [0.15, 0.2) is 18.2 Å². The van der Waals surface area contributed by atoms with E-state index in [9.17, 15) is 0 Å². The van der Waals surface area contributed by atoms with Crippen LogP contribution in [0.1, 0.15) is 13.3 Å². The van der Waals surface area contributed by atoms with Crippen molar-refractivity contribution in [1.82, 2.24) is 0 Å². The fourth-order valence-corrected chi connectivity index (χ4v) is 2.24. The maximum Gasteiger partial charge on any atom is 0.122 e. The van der Waals surface area contributed by atoms with Gasteiger partial charge in [-0.15, -0.1) is 0 Å². The van der Waals surface area contributed by atoms with Crippen molar-refractivity contribution in [2.45, 2.75) is 19.4 Å². The smallest absolute Gasteiger partial charge is 0.122 e. The molecule has 4 heteroatoms. The molecule has 1 aromatic carbocycles. The van der Waals surface area contributed by atoms with E-state index in [2.05, 4.69) is 25.1 Å². The molecule has 0 aliphatic rings. The molecule has 0 fully saturated rings. The first-order valence-corrected chi connectivity index (χ1v) is 7.14. The molecule has 1 rings (SSSR count). The summed E-state index contributed by atoms with van der Waals surface area (Å²) in [5.41, 5.74) is 7.71. The molecule has 0 saturated carbocycles. The fourth-order valence-electron chi connectivity index (χ4n) is 1.66. The lowest BCUT2D eigenvalue weighted by molar-refractivity contribution is 0.415. The quantitative estimate of drug-likeness (QED) is 0.792. The van der Waals surface area contributed by atoms with Gasteiger partial charge in [0.1, 0.15) is 5.75 Å². The van der Waals surface area contributed by atoms with Crippen molar-refractivity contribution in [3.05, 3.63) is 18.2 Å². The standard InChI is InChI=1S/C13H22N2OS/c1-10(5-6-17-4)15(2)12-7-11(14)8-13(9-12)16-3/h7-10H,5-6,14H2,1-4H3. The Kier molecular flexibility index (Phi) is 5.48. The Labute approximate surface area is 108 Å². The Morgan fingerprint density at radius 3 is 2.71 bits per heavy atom. The van der Waals surface area contributed by atoms with Crippen molar-refractivity contribution in [2.75, 3.05) is 36.8 Å². The average molecular weight is 254 g/mol. The molecular formula is C13H22N2OS. The predicted molar refractivity (Wildman–Crippen MR) is 78.3 cm³/mol. The van der Waals surface area contributed by atoms with Crippen LogP contribution < -0.4 is 15.4 Å². The van der Waals surface area contributed by atoms with Crippen LogP contribution >= 0.6 is 11.8 Å². The van der Waals surface area contributed by atoms with Crippen molar-refractivity contribution >= 4 is 23.1 Å². The molecule has 0 aromatic heterocycles. The number of hydrogen-bond donors (Lipinski definition) is 1. The molecular weight excluding hydrogens is 232 g/mol. The molecule has 0 aliphatic heterocycles. The maximum absolute atomic E-state index is 5.86. The fraction of sp³-hybridized carbons (Fsp3) is 0.538. The Hall–Kier alpha value is -1.03. The molecule has 17 heavy (non-hydrogen) atoms. The van der Waals surface area contributed by atoms with E-state index in [1.165, 1.54) is 5.75 Å². The highest BCUT2D eigenvalue weighted by Crippen LogP contribution is 2.26. The Bertz CT molecular complexity index is 357. The molecule has 0 saturated heterocycles. The zero-order chi connectivity index (χ0) is 12.8. The molecule has 1 aromatic rings. The van der Waals surface area contributed by atoms with E-state index in [0.29, 0.717) is 6.04 Å². The highest BCUT2D eigenvalue weighted by molar-refractivity contribution is 7.98. The summed E-state index contributed by atoms with van der Waals surface area (Å²) >= 11 is 1.88. The van der Waals surface area contributed by atoms with Gasteiger partial charge in [0.05, 0.1) is 7.11 Å². The van der Waals surface area contributed by atoms with Gasteiger partial charge < -0.3 is 15.4 Å². The van der Waals surface area contributed by atoms with Crippen molar-refractivity contribution < 1.29 is 4.74 Å². The molecule has 0 heterocycles. The van der Waals surface area contributed by atoms with E-state index in [-0.39, 0.29) is 0 Å². The van der Waals surface area contributed by atoms with Crippen LogP contribution in [0.25, 0.3) is 0 Å². The predicted octanol–water partition coefficient (Wildman–Crippen LogP) is 2.86. The largest absolute Gasteiger partial charge is 0.497 e. The lowest BCUT2D eigenvalue weighted by Crippen LogP contribution is -2.29. The minimum absolute atomic E-state index is 0.494. The molecule has 1 atom stereocenters. The van der Waals surface area contributed by atoms with Crippen molar-refractivity contribution in [3.8, 4) is 5.75 Å². The molecule has 0 amide bonds. The minimum atomic E-state index is 0.494. The highest BCUT2D eigenvalue weighted by atomic mass is 32.2. The Morgan fingerprint density at radius 2 is 2.12 bits per heavy atom. The number of nitrogens with two attached hydrogens (primary N) is 1. The molecule has 0 aliphatic carbocycles. The van der Waals surface area contributed by atoms with Gasteiger partial charge in [-0.2, -0.15) is 11.8 Å². The third-order valence-electron chi connectivity index (χ3n) is 2.96. The van der Waals surface area contributed by atoms with Crippen molar-refractivity contribution in [2.24, 2.45) is 0 Å². The summed E-state index contributed by atoms with van der Waals surface area (Å²) in [7, 11) is 3.76. The van der Waals surface area contributed by atoms with E-state index >= 15 is 0 Å². The molecule has 0 bridgehead atoms. The molecule has 2 N–H and O–H groups in total. The summed E-state index contributed by atoms with van der Waals surface area (Å²) in [5.74, 6) is 1.98. The van der Waals surface area contributed by atoms with Gasteiger partial charge >= 0.3 is 0 Å². The second-order valence-corrected chi connectivity index (χ2v) is 5.19. The van der Waals surface area contributed by atoms with Crippen LogP contribution in [0.2, 0.25) is 0 Å². The van der Waals surface area contributed by atoms with Crippen LogP contribution in [-0.2, 0) is 0 Å². The van der Waals surface area contributed by atoms with Crippen LogP contribution in [0.5, 0.6) is 5.75 Å². The Balaban J connectivity index is 2.80. The number of benzene rings is 1. The SMILES string of the molecule is COc1cc(N)cc(N(C)C(C)CCSC)c1. The van der Waals surface area contributed by atoms with E-state index in [0.717, 1.165) is 23.5 Å². The molecule has 3 nitrogen and oxygen atoms in total. The van der Waals surface area contributed by atoms with Crippen molar-refractivity contribution in [3.63, 3.8) is 0 Å². The van der Waals surface area contributed by atoms with Crippen LogP contribution in [-0.4, -0.2) is 32.2 Å². The molecule has 0 spiro atoms. The van der Waals surface area contributed by atoms with Crippen LogP contribution in [0.4, 0.5) is 11.4 Å². The van der Waals surface area contributed by atoms with Crippen LogP contribution in [0.3, 0.4) is 0 Å². The molecule has 96 valence electrons. The first kappa shape index (κ1) is 14.0. The summed E-state index contributed by atoms with van der Waals surface area (Å²) in [6, 6.07) is 6.34. The highest BCUT2D eigenvalue weighted by Gasteiger charge is 2.11. The first-order valence-electron chi connectivity index (χ1n) is 5.74. The topological polar surface area (TPSA) is 38.5 Å². The number of nitrogen functional groups attached to an aromatic ring is 1. The van der Waals surface area contributed by atoms with E-state index < -0.39 is 0 Å². The van der Waals surface area contributed by atoms with Gasteiger partial charge in [-0.05, 0) is 31.4 Å². The lowest BCUT2D eigenvalue weighted by Gasteiger charge is -2.27. The molecule has 0 radical (unpaired) electrons. The normalized spacial score (nSPS) is 12.2. The average Bonchev–Trinajstić information content (AvgIpc) is 2.34. The Morgan fingerprint density at radius 1 is 1.41 bits per heavy atom. The second-order valence-electron chi connectivity index (χ2n) is 4.21. The number of anilines is 2. The van der Waals surface area contributed by atoms with E-state index in [1.807, 2.05) is 30.0 Å². The van der Waals surface area contributed by atoms with Gasteiger partial charge in [0.2, 0.25) is 0 Å². The van der Waals surface area contributed by atoms with Gasteiger partial charge in [-0.1, -0.05) is 0 Å². The van der Waals surface area contributed by atoms with E-state index in [1.54, 1.807) is 7.11 Å². The summed E-state index contributed by atoms with van der Waals surface area (Å²) in [4.78, 5) is 2.25. The lowest BCUT2D eigenvalue weighted by atomic mass is 10.2. The van der Waals surface area contributed by atoms with Gasteiger partial charge in [0.25, 0.3) is 0 Å². The summed E-state index contributed by atoms with van der Waals surface area (Å²) in [6.45, 7) is 2.23. The summed E-state index contributed by atoms with van der Waals surface area (Å²) in [6.07, 6.45) is 3.30. The maximum atomic E-state index is 5.86. The summed E-state index contributed by atoms with van der Waals surface area (Å²) < 4.78 is 5.24. The number of methoxy groups -OCH3 is 1. The number of ether oxygens (including phenoxy) is 1. The van der Waals surface area contributed by atoms with Gasteiger partial charge in [-0.3, -0.25) is 0 Å². The third-order valence-corrected chi connectivity index (χ3v) is 3.60. The minimum Gasteiger partial charge on any atom is -0.497 e. The number of hydrogen-bond acceptors (Lipinski definition) is 4.